The lowest BCUT2D eigenvalue weighted by atomic mass is 9.78. The zero-order chi connectivity index (χ0) is 18.5. The van der Waals surface area contributed by atoms with Crippen molar-refractivity contribution in [3.8, 4) is 0 Å². The van der Waals surface area contributed by atoms with Gasteiger partial charge in [0.2, 0.25) is 11.8 Å². The van der Waals surface area contributed by atoms with Crippen LogP contribution in [0.25, 0.3) is 0 Å². The highest BCUT2D eigenvalue weighted by Crippen LogP contribution is 2.39. The van der Waals surface area contributed by atoms with Crippen molar-refractivity contribution in [2.45, 2.75) is 51.4 Å². The number of nitrogens with zero attached hydrogens (tertiary/aromatic N) is 4. The molecule has 0 aromatic carbocycles. The summed E-state index contributed by atoms with van der Waals surface area (Å²) < 4.78 is 0. The fourth-order valence-electron chi connectivity index (χ4n) is 3.34. The Kier molecular flexibility index (Phi) is 5.50. The van der Waals surface area contributed by atoms with Crippen molar-refractivity contribution in [3.05, 3.63) is 35.7 Å². The Balaban J connectivity index is 1.67. The Bertz CT molecular complexity index is 710. The maximum absolute atomic E-state index is 11.1. The molecule has 0 spiro atoms. The second-order valence-corrected chi connectivity index (χ2v) is 6.61. The molecule has 1 fully saturated rings. The molecule has 0 radical (unpaired) electrons. The van der Waals surface area contributed by atoms with Crippen LogP contribution in [0.2, 0.25) is 0 Å². The Morgan fingerprint density at radius 2 is 1.27 bits per heavy atom. The summed E-state index contributed by atoms with van der Waals surface area (Å²) in [5.41, 5.74) is 1.87. The van der Waals surface area contributed by atoms with Crippen LogP contribution in [0, 0.1) is 0 Å². The quantitative estimate of drug-likeness (QED) is 0.873. The van der Waals surface area contributed by atoms with E-state index in [0.29, 0.717) is 23.5 Å². The van der Waals surface area contributed by atoms with Crippen LogP contribution in [0.1, 0.15) is 62.8 Å². The molecule has 0 unspecified atom stereocenters. The molecule has 2 amide bonds. The van der Waals surface area contributed by atoms with Crippen molar-refractivity contribution >= 4 is 23.5 Å². The van der Waals surface area contributed by atoms with Gasteiger partial charge in [0.25, 0.3) is 0 Å². The first-order valence-electron chi connectivity index (χ1n) is 8.73. The van der Waals surface area contributed by atoms with Crippen LogP contribution in [0.4, 0.5) is 11.6 Å². The van der Waals surface area contributed by atoms with Gasteiger partial charge in [-0.3, -0.25) is 9.59 Å². The van der Waals surface area contributed by atoms with Crippen LogP contribution in [-0.4, -0.2) is 32.2 Å². The van der Waals surface area contributed by atoms with Gasteiger partial charge in [-0.1, -0.05) is 6.42 Å². The minimum absolute atomic E-state index is 0.161. The Hall–Kier alpha value is -2.90. The average Bonchev–Trinajstić information content (AvgIpc) is 2.62. The van der Waals surface area contributed by atoms with Crippen LogP contribution in [0.15, 0.2) is 24.3 Å². The molecule has 8 nitrogen and oxygen atoms in total. The highest BCUT2D eigenvalue weighted by Gasteiger charge is 2.26. The van der Waals surface area contributed by atoms with Gasteiger partial charge in [-0.05, 0) is 43.5 Å². The molecular weight excluding hydrogens is 332 g/mol. The van der Waals surface area contributed by atoms with E-state index in [4.69, 9.17) is 0 Å². The number of anilines is 2. The van der Waals surface area contributed by atoms with Crippen LogP contribution < -0.4 is 10.6 Å². The SMILES string of the molecule is CC(=O)Nc1ccc([C@H]2CCC[C@H](c3ccc(NC(C)=O)nn3)C2)nn1. The fourth-order valence-corrected chi connectivity index (χ4v) is 3.34. The van der Waals surface area contributed by atoms with E-state index in [2.05, 4.69) is 31.0 Å². The van der Waals surface area contributed by atoms with E-state index in [1.165, 1.54) is 13.8 Å². The van der Waals surface area contributed by atoms with E-state index in [1.54, 1.807) is 12.1 Å². The number of carbonyl (C=O) groups is 2. The molecule has 2 aromatic heterocycles. The molecule has 1 aliphatic rings. The van der Waals surface area contributed by atoms with Gasteiger partial charge in [-0.2, -0.15) is 10.2 Å². The molecule has 2 aromatic rings. The predicted molar refractivity (Wildman–Crippen MR) is 96.6 cm³/mol. The van der Waals surface area contributed by atoms with Crippen molar-refractivity contribution in [1.29, 1.82) is 0 Å². The topological polar surface area (TPSA) is 110 Å². The van der Waals surface area contributed by atoms with Gasteiger partial charge in [0, 0.05) is 25.7 Å². The third-order valence-corrected chi connectivity index (χ3v) is 4.49. The maximum Gasteiger partial charge on any atom is 0.222 e. The van der Waals surface area contributed by atoms with Crippen molar-refractivity contribution in [2.75, 3.05) is 10.6 Å². The van der Waals surface area contributed by atoms with Gasteiger partial charge in [0.05, 0.1) is 11.4 Å². The fraction of sp³-hybridized carbons (Fsp3) is 0.444. The highest BCUT2D eigenvalue weighted by atomic mass is 16.2. The van der Waals surface area contributed by atoms with Crippen molar-refractivity contribution in [3.63, 3.8) is 0 Å². The van der Waals surface area contributed by atoms with Crippen LogP contribution in [-0.2, 0) is 9.59 Å². The smallest absolute Gasteiger partial charge is 0.222 e. The van der Waals surface area contributed by atoms with Crippen molar-refractivity contribution in [2.24, 2.45) is 0 Å². The highest BCUT2D eigenvalue weighted by molar-refractivity contribution is 5.87. The molecule has 8 heteroatoms. The predicted octanol–water partition coefficient (Wildman–Crippen LogP) is 2.62. The Labute approximate surface area is 151 Å². The number of hydrogen-bond acceptors (Lipinski definition) is 6. The summed E-state index contributed by atoms with van der Waals surface area (Å²) in [4.78, 5) is 22.1. The number of amides is 2. The van der Waals surface area contributed by atoms with E-state index in [-0.39, 0.29) is 11.8 Å². The van der Waals surface area contributed by atoms with Crippen molar-refractivity contribution < 1.29 is 9.59 Å². The number of rotatable bonds is 4. The normalized spacial score (nSPS) is 19.6. The van der Waals surface area contributed by atoms with Gasteiger partial charge in [-0.15, -0.1) is 10.2 Å². The minimum atomic E-state index is -0.161. The lowest BCUT2D eigenvalue weighted by molar-refractivity contribution is -0.115. The second-order valence-electron chi connectivity index (χ2n) is 6.61. The molecule has 0 aliphatic heterocycles. The molecule has 1 saturated carbocycles. The minimum Gasteiger partial charge on any atom is -0.309 e. The molecule has 0 saturated heterocycles. The Morgan fingerprint density at radius 3 is 1.62 bits per heavy atom. The molecule has 2 N–H and O–H groups in total. The summed E-state index contributed by atoms with van der Waals surface area (Å²) in [5, 5.41) is 22.0. The molecule has 2 atom stereocenters. The summed E-state index contributed by atoms with van der Waals surface area (Å²) >= 11 is 0. The average molecular weight is 354 g/mol. The van der Waals surface area contributed by atoms with E-state index in [9.17, 15) is 9.59 Å². The molecule has 2 heterocycles. The molecule has 3 rings (SSSR count). The maximum atomic E-state index is 11.1. The summed E-state index contributed by atoms with van der Waals surface area (Å²) in [6.45, 7) is 2.89. The molecule has 0 bridgehead atoms. The van der Waals surface area contributed by atoms with Crippen LogP contribution >= 0.6 is 0 Å². The third-order valence-electron chi connectivity index (χ3n) is 4.49. The monoisotopic (exact) mass is 354 g/mol. The van der Waals surface area contributed by atoms with Gasteiger partial charge in [0.15, 0.2) is 11.6 Å². The van der Waals surface area contributed by atoms with Gasteiger partial charge in [-0.25, -0.2) is 0 Å². The molecule has 1 aliphatic carbocycles. The van der Waals surface area contributed by atoms with E-state index in [0.717, 1.165) is 37.1 Å². The van der Waals surface area contributed by atoms with Gasteiger partial charge < -0.3 is 10.6 Å². The largest absolute Gasteiger partial charge is 0.309 e. The van der Waals surface area contributed by atoms with E-state index < -0.39 is 0 Å². The third kappa shape index (κ3) is 4.59. The molecule has 26 heavy (non-hydrogen) atoms. The lowest BCUT2D eigenvalue weighted by Crippen LogP contribution is -2.17. The zero-order valence-corrected chi connectivity index (χ0v) is 14.9. The molecular formula is C18H22N6O2. The first-order chi connectivity index (χ1) is 12.5. The Morgan fingerprint density at radius 1 is 0.808 bits per heavy atom. The van der Waals surface area contributed by atoms with E-state index in [1.807, 2.05) is 12.1 Å². The first kappa shape index (κ1) is 17.9. The summed E-state index contributed by atoms with van der Waals surface area (Å²) in [5.74, 6) is 1.23. The van der Waals surface area contributed by atoms with Gasteiger partial charge >= 0.3 is 0 Å². The van der Waals surface area contributed by atoms with Crippen LogP contribution in [0.3, 0.4) is 0 Å². The standard InChI is InChI=1S/C18H22N6O2/c1-11(25)19-17-8-6-15(21-23-17)13-4-3-5-14(10-13)16-7-9-18(24-22-16)20-12(2)26/h6-9,13-14H,3-5,10H2,1-2H3,(H,19,23,25)(H,20,24,26)/t13-,14-/m0/s1. The van der Waals surface area contributed by atoms with Crippen molar-refractivity contribution in [1.82, 2.24) is 20.4 Å². The lowest BCUT2D eigenvalue weighted by Gasteiger charge is -2.28. The van der Waals surface area contributed by atoms with Crippen LogP contribution in [0.5, 0.6) is 0 Å². The first-order valence-corrected chi connectivity index (χ1v) is 8.73. The molecule has 136 valence electrons. The summed E-state index contributed by atoms with van der Waals surface area (Å²) in [6.07, 6.45) is 4.13. The number of hydrogen-bond donors (Lipinski definition) is 2. The second kappa shape index (κ2) is 7.99. The van der Waals surface area contributed by atoms with Gasteiger partial charge in [0.1, 0.15) is 0 Å². The van der Waals surface area contributed by atoms with E-state index >= 15 is 0 Å². The number of carbonyl (C=O) groups excluding carboxylic acids is 2. The number of aromatic nitrogens is 4. The summed E-state index contributed by atoms with van der Waals surface area (Å²) in [6, 6.07) is 7.43. The summed E-state index contributed by atoms with van der Waals surface area (Å²) in [7, 11) is 0. The zero-order valence-electron chi connectivity index (χ0n) is 14.9. The number of nitrogens with one attached hydrogen (secondary N) is 2.